The van der Waals surface area contributed by atoms with Crippen molar-refractivity contribution >= 4 is 23.3 Å². The topological polar surface area (TPSA) is 113 Å². The number of amidine groups is 1. The second-order valence-corrected chi connectivity index (χ2v) is 6.03. The van der Waals surface area contributed by atoms with Crippen molar-refractivity contribution in [2.24, 2.45) is 16.8 Å². The van der Waals surface area contributed by atoms with Crippen molar-refractivity contribution in [3.8, 4) is 0 Å². The van der Waals surface area contributed by atoms with Gasteiger partial charge in [-0.1, -0.05) is 35.8 Å². The first kappa shape index (κ1) is 15.7. The zero-order valence-electron chi connectivity index (χ0n) is 12.1. The first-order valence-electron chi connectivity index (χ1n) is 7.26. The zero-order valence-corrected chi connectivity index (χ0v) is 12.9. The summed E-state index contributed by atoms with van der Waals surface area (Å²) in [5.74, 6) is 0.0272. The van der Waals surface area contributed by atoms with Crippen LogP contribution in [0.5, 0.6) is 0 Å². The number of nitrogens with one attached hydrogen (secondary N) is 1. The van der Waals surface area contributed by atoms with Crippen LogP contribution in [-0.2, 0) is 6.42 Å². The molecule has 0 aromatic carbocycles. The van der Waals surface area contributed by atoms with Crippen LogP contribution in [0.25, 0.3) is 0 Å². The molecule has 1 unspecified atom stereocenters. The van der Waals surface area contributed by atoms with Gasteiger partial charge < -0.3 is 16.3 Å². The molecule has 0 radical (unpaired) electrons. The lowest BCUT2D eigenvalue weighted by Gasteiger charge is -2.29. The van der Waals surface area contributed by atoms with Gasteiger partial charge in [0, 0.05) is 0 Å². The number of hydrogen-bond acceptors (Lipinski definition) is 6. The first-order chi connectivity index (χ1) is 10.2. The van der Waals surface area contributed by atoms with Gasteiger partial charge in [-0.2, -0.15) is 0 Å². The second-order valence-electron chi connectivity index (χ2n) is 5.28. The summed E-state index contributed by atoms with van der Waals surface area (Å²) < 4.78 is 3.82. The van der Waals surface area contributed by atoms with Crippen LogP contribution in [0.4, 0.5) is 0 Å². The lowest BCUT2D eigenvalue weighted by molar-refractivity contribution is 0.0933. The fourth-order valence-electron chi connectivity index (χ4n) is 2.78. The molecular formula is C13H21N5O2S. The summed E-state index contributed by atoms with van der Waals surface area (Å²) in [7, 11) is 0. The molecule has 8 heteroatoms. The molecule has 1 saturated carbocycles. The van der Waals surface area contributed by atoms with Gasteiger partial charge in [0.2, 0.25) is 0 Å². The smallest absolute Gasteiger partial charge is 0.265 e. The molecule has 0 bridgehead atoms. The van der Waals surface area contributed by atoms with E-state index >= 15 is 0 Å². The Morgan fingerprint density at radius 1 is 1.52 bits per heavy atom. The summed E-state index contributed by atoms with van der Waals surface area (Å²) in [6.07, 6.45) is 6.02. The Morgan fingerprint density at radius 3 is 2.86 bits per heavy atom. The maximum atomic E-state index is 12.4. The van der Waals surface area contributed by atoms with Crippen LogP contribution >= 0.6 is 11.5 Å². The van der Waals surface area contributed by atoms with Crippen molar-refractivity contribution in [3.05, 3.63) is 10.6 Å². The van der Waals surface area contributed by atoms with Gasteiger partial charge in [0.05, 0.1) is 11.7 Å². The van der Waals surface area contributed by atoms with Gasteiger partial charge in [-0.25, -0.2) is 0 Å². The average Bonchev–Trinajstić information content (AvgIpc) is 3.01. The van der Waals surface area contributed by atoms with Crippen molar-refractivity contribution < 1.29 is 10.0 Å². The lowest BCUT2D eigenvalue weighted by atomic mass is 9.83. The van der Waals surface area contributed by atoms with Crippen molar-refractivity contribution in [3.63, 3.8) is 0 Å². The van der Waals surface area contributed by atoms with E-state index in [0.717, 1.165) is 37.2 Å². The van der Waals surface area contributed by atoms with Gasteiger partial charge in [0.15, 0.2) is 5.84 Å². The number of carbonyl (C=O) groups is 1. The van der Waals surface area contributed by atoms with E-state index in [1.165, 1.54) is 6.42 Å². The van der Waals surface area contributed by atoms with E-state index in [2.05, 4.69) is 20.1 Å². The molecule has 1 aromatic heterocycles. The number of aryl methyl sites for hydroxylation is 1. The van der Waals surface area contributed by atoms with Crippen LogP contribution in [0.15, 0.2) is 5.16 Å². The molecule has 1 heterocycles. The molecule has 2 rings (SSSR count). The van der Waals surface area contributed by atoms with E-state index in [4.69, 9.17) is 10.9 Å². The molecule has 1 aliphatic rings. The number of aromatic nitrogens is 2. The normalized spacial score (nSPS) is 18.4. The third-order valence-corrected chi connectivity index (χ3v) is 4.71. The Bertz CT molecular complexity index is 510. The van der Waals surface area contributed by atoms with E-state index in [1.54, 1.807) is 0 Å². The van der Waals surface area contributed by atoms with E-state index in [1.807, 2.05) is 6.92 Å². The number of oxime groups is 1. The summed E-state index contributed by atoms with van der Waals surface area (Å²) in [5, 5.41) is 18.9. The van der Waals surface area contributed by atoms with Gasteiger partial charge in [-0.15, -0.1) is 5.10 Å². The lowest BCUT2D eigenvalue weighted by Crippen LogP contribution is -2.49. The maximum absolute atomic E-state index is 12.4. The minimum absolute atomic E-state index is 0.0609. The monoisotopic (exact) mass is 311 g/mol. The number of hydrogen-bond donors (Lipinski definition) is 3. The van der Waals surface area contributed by atoms with E-state index < -0.39 is 6.04 Å². The predicted octanol–water partition coefficient (Wildman–Crippen LogP) is 1.53. The van der Waals surface area contributed by atoms with Crippen LogP contribution in [0.1, 0.15) is 54.4 Å². The molecule has 0 aliphatic heterocycles. The van der Waals surface area contributed by atoms with Crippen molar-refractivity contribution in [1.82, 2.24) is 14.9 Å². The Morgan fingerprint density at radius 2 is 2.24 bits per heavy atom. The average molecular weight is 311 g/mol. The number of carbonyl (C=O) groups excluding carboxylic acids is 1. The summed E-state index contributed by atoms with van der Waals surface area (Å²) in [6, 6.07) is -0.436. The van der Waals surface area contributed by atoms with Gasteiger partial charge in [0.25, 0.3) is 5.91 Å². The highest BCUT2D eigenvalue weighted by molar-refractivity contribution is 7.08. The van der Waals surface area contributed by atoms with Crippen LogP contribution in [0.2, 0.25) is 0 Å². The highest BCUT2D eigenvalue weighted by atomic mass is 32.1. The Hall–Kier alpha value is -1.70. The van der Waals surface area contributed by atoms with E-state index in [-0.39, 0.29) is 17.7 Å². The number of rotatable bonds is 5. The summed E-state index contributed by atoms with van der Waals surface area (Å²) >= 11 is 1.07. The third kappa shape index (κ3) is 3.69. The van der Waals surface area contributed by atoms with E-state index in [9.17, 15) is 4.79 Å². The van der Waals surface area contributed by atoms with Gasteiger partial charge >= 0.3 is 0 Å². The number of amides is 1. The molecule has 1 aromatic rings. The van der Waals surface area contributed by atoms with Crippen LogP contribution in [-0.4, -0.2) is 32.6 Å². The summed E-state index contributed by atoms with van der Waals surface area (Å²) in [5.41, 5.74) is 6.46. The molecule has 0 saturated heterocycles. The standard InChI is InChI=1S/C13H21N5O2S/c1-2-9-11(21-18-16-9)13(19)15-10(12(14)17-20)8-6-4-3-5-7-8/h8,10,20H,2-7H2,1H3,(H2,14,17)(H,15,19). The predicted molar refractivity (Wildman–Crippen MR) is 80.5 cm³/mol. The van der Waals surface area contributed by atoms with Crippen LogP contribution in [0.3, 0.4) is 0 Å². The number of nitrogens with two attached hydrogens (primary N) is 1. The molecule has 1 aliphatic carbocycles. The van der Waals surface area contributed by atoms with E-state index in [0.29, 0.717) is 17.0 Å². The summed E-state index contributed by atoms with van der Waals surface area (Å²) in [4.78, 5) is 12.9. The van der Waals surface area contributed by atoms with Gasteiger partial charge in [-0.3, -0.25) is 4.79 Å². The maximum Gasteiger partial charge on any atom is 0.265 e. The highest BCUT2D eigenvalue weighted by Gasteiger charge is 2.30. The fraction of sp³-hybridized carbons (Fsp3) is 0.692. The molecule has 116 valence electrons. The minimum atomic E-state index is -0.436. The summed E-state index contributed by atoms with van der Waals surface area (Å²) in [6.45, 7) is 1.93. The van der Waals surface area contributed by atoms with Crippen LogP contribution in [0, 0.1) is 5.92 Å². The zero-order chi connectivity index (χ0) is 15.2. The molecule has 1 fully saturated rings. The second kappa shape index (κ2) is 7.35. The molecule has 4 N–H and O–H groups in total. The molecule has 1 atom stereocenters. The number of nitrogens with zero attached hydrogens (tertiary/aromatic N) is 3. The quantitative estimate of drug-likeness (QED) is 0.330. The van der Waals surface area contributed by atoms with Crippen molar-refractivity contribution in [2.45, 2.75) is 51.5 Å². The third-order valence-electron chi connectivity index (χ3n) is 3.94. The molecule has 1 amide bonds. The van der Waals surface area contributed by atoms with Gasteiger partial charge in [0.1, 0.15) is 4.88 Å². The molecule has 21 heavy (non-hydrogen) atoms. The molecule has 0 spiro atoms. The first-order valence-corrected chi connectivity index (χ1v) is 8.04. The Labute approximate surface area is 127 Å². The van der Waals surface area contributed by atoms with Crippen LogP contribution < -0.4 is 11.1 Å². The Balaban J connectivity index is 2.13. The largest absolute Gasteiger partial charge is 0.409 e. The van der Waals surface area contributed by atoms with Crippen molar-refractivity contribution in [1.29, 1.82) is 0 Å². The molecular weight excluding hydrogens is 290 g/mol. The molecule has 7 nitrogen and oxygen atoms in total. The highest BCUT2D eigenvalue weighted by Crippen LogP contribution is 2.27. The Kier molecular flexibility index (Phi) is 5.49. The van der Waals surface area contributed by atoms with Gasteiger partial charge in [-0.05, 0) is 36.7 Å². The fourth-order valence-corrected chi connectivity index (χ4v) is 3.44. The minimum Gasteiger partial charge on any atom is -0.409 e. The SMILES string of the molecule is CCc1nnsc1C(=O)NC(C(N)=NO)C1CCCCC1. The van der Waals surface area contributed by atoms with Crippen molar-refractivity contribution in [2.75, 3.05) is 0 Å².